The van der Waals surface area contributed by atoms with Crippen LogP contribution in [0.15, 0.2) is 46.9 Å². The maximum atomic E-state index is 12.3. The predicted octanol–water partition coefficient (Wildman–Crippen LogP) is 4.05. The Morgan fingerprint density at radius 3 is 2.76 bits per heavy atom. The van der Waals surface area contributed by atoms with E-state index in [1.54, 1.807) is 18.2 Å². The van der Waals surface area contributed by atoms with Gasteiger partial charge in [-0.25, -0.2) is 0 Å². The van der Waals surface area contributed by atoms with Gasteiger partial charge < -0.3 is 11.1 Å². The monoisotopic (exact) mass is 366 g/mol. The Labute approximate surface area is 137 Å². The molecule has 1 unspecified atom stereocenters. The third-order valence-corrected chi connectivity index (χ3v) is 4.16. The standard InChI is InChI=1S/C16H16BrClN2O/c1-10(8-11-4-2-3-5-15(11)18)20-16(21)13-9-12(19)6-7-14(13)17/h2-7,9-10H,8,19H2,1H3,(H,20,21). The molecule has 110 valence electrons. The predicted molar refractivity (Wildman–Crippen MR) is 90.6 cm³/mol. The lowest BCUT2D eigenvalue weighted by Gasteiger charge is -2.15. The van der Waals surface area contributed by atoms with Crippen molar-refractivity contribution in [1.29, 1.82) is 0 Å². The molecule has 2 rings (SSSR count). The van der Waals surface area contributed by atoms with Crippen molar-refractivity contribution in [3.8, 4) is 0 Å². The van der Waals surface area contributed by atoms with Gasteiger partial charge in [-0.2, -0.15) is 0 Å². The molecule has 0 spiro atoms. The molecule has 0 heterocycles. The van der Waals surface area contributed by atoms with Crippen molar-refractivity contribution in [2.24, 2.45) is 0 Å². The lowest BCUT2D eigenvalue weighted by Crippen LogP contribution is -2.34. The third-order valence-electron chi connectivity index (χ3n) is 3.10. The summed E-state index contributed by atoms with van der Waals surface area (Å²) in [5, 5.41) is 3.67. The van der Waals surface area contributed by atoms with Gasteiger partial charge >= 0.3 is 0 Å². The van der Waals surface area contributed by atoms with Gasteiger partial charge in [-0.3, -0.25) is 4.79 Å². The summed E-state index contributed by atoms with van der Waals surface area (Å²) in [5.41, 5.74) is 7.82. The van der Waals surface area contributed by atoms with Gasteiger partial charge in [-0.05, 0) is 59.1 Å². The molecule has 2 aromatic rings. The van der Waals surface area contributed by atoms with E-state index in [2.05, 4.69) is 21.2 Å². The summed E-state index contributed by atoms with van der Waals surface area (Å²) in [7, 11) is 0. The largest absolute Gasteiger partial charge is 0.399 e. The minimum absolute atomic E-state index is 0.0364. The van der Waals surface area contributed by atoms with Gasteiger partial charge in [-0.15, -0.1) is 0 Å². The Kier molecular flexibility index (Phi) is 5.26. The normalized spacial score (nSPS) is 12.0. The molecule has 1 amide bonds. The molecule has 0 aliphatic carbocycles. The fourth-order valence-electron chi connectivity index (χ4n) is 2.06. The van der Waals surface area contributed by atoms with Gasteiger partial charge in [0.05, 0.1) is 5.56 Å². The molecule has 0 fully saturated rings. The Balaban J connectivity index is 2.06. The van der Waals surface area contributed by atoms with Crippen LogP contribution in [0.25, 0.3) is 0 Å². The summed E-state index contributed by atoms with van der Waals surface area (Å²) in [6.07, 6.45) is 0.672. The van der Waals surface area contributed by atoms with E-state index in [0.29, 0.717) is 22.7 Å². The number of benzene rings is 2. The fraction of sp³-hybridized carbons (Fsp3) is 0.188. The number of halogens is 2. The van der Waals surface area contributed by atoms with Crippen molar-refractivity contribution in [2.45, 2.75) is 19.4 Å². The van der Waals surface area contributed by atoms with E-state index in [0.717, 1.165) is 10.0 Å². The van der Waals surface area contributed by atoms with Crippen LogP contribution in [0.3, 0.4) is 0 Å². The smallest absolute Gasteiger partial charge is 0.252 e. The van der Waals surface area contributed by atoms with Gasteiger partial charge in [0.2, 0.25) is 0 Å². The highest BCUT2D eigenvalue weighted by Gasteiger charge is 2.14. The molecule has 0 bridgehead atoms. The van der Waals surface area contributed by atoms with Crippen LogP contribution in [0.5, 0.6) is 0 Å². The lowest BCUT2D eigenvalue weighted by atomic mass is 10.1. The molecular weight excluding hydrogens is 352 g/mol. The van der Waals surface area contributed by atoms with Crippen LogP contribution < -0.4 is 11.1 Å². The van der Waals surface area contributed by atoms with Crippen molar-refractivity contribution < 1.29 is 4.79 Å². The molecule has 21 heavy (non-hydrogen) atoms. The van der Waals surface area contributed by atoms with E-state index in [9.17, 15) is 4.79 Å². The molecule has 0 aromatic heterocycles. The molecule has 0 aliphatic rings. The summed E-state index contributed by atoms with van der Waals surface area (Å²) in [4.78, 5) is 12.3. The number of nitrogen functional groups attached to an aromatic ring is 1. The van der Waals surface area contributed by atoms with E-state index >= 15 is 0 Å². The van der Waals surface area contributed by atoms with E-state index in [1.165, 1.54) is 0 Å². The topological polar surface area (TPSA) is 55.1 Å². The van der Waals surface area contributed by atoms with Crippen molar-refractivity contribution in [2.75, 3.05) is 5.73 Å². The van der Waals surface area contributed by atoms with E-state index in [4.69, 9.17) is 17.3 Å². The first-order valence-electron chi connectivity index (χ1n) is 6.56. The quantitative estimate of drug-likeness (QED) is 0.801. The van der Waals surface area contributed by atoms with Crippen molar-refractivity contribution >= 4 is 39.1 Å². The van der Waals surface area contributed by atoms with Crippen LogP contribution in [-0.2, 0) is 6.42 Å². The van der Waals surface area contributed by atoms with E-state index < -0.39 is 0 Å². The first-order valence-corrected chi connectivity index (χ1v) is 7.73. The number of rotatable bonds is 4. The van der Waals surface area contributed by atoms with E-state index in [1.807, 2.05) is 31.2 Å². The number of amides is 1. The second kappa shape index (κ2) is 6.96. The number of hydrogen-bond donors (Lipinski definition) is 2. The maximum Gasteiger partial charge on any atom is 0.252 e. The second-order valence-corrected chi connectivity index (χ2v) is 6.17. The van der Waals surface area contributed by atoms with Gasteiger partial charge in [0, 0.05) is 21.2 Å². The van der Waals surface area contributed by atoms with Crippen molar-refractivity contribution in [3.63, 3.8) is 0 Å². The van der Waals surface area contributed by atoms with Crippen LogP contribution in [0.1, 0.15) is 22.8 Å². The molecule has 0 saturated carbocycles. The molecule has 0 aliphatic heterocycles. The Bertz CT molecular complexity index is 660. The highest BCUT2D eigenvalue weighted by atomic mass is 79.9. The third kappa shape index (κ3) is 4.22. The number of anilines is 1. The first-order chi connectivity index (χ1) is 9.97. The number of nitrogens with two attached hydrogens (primary N) is 1. The zero-order valence-corrected chi connectivity index (χ0v) is 13.9. The Hall–Kier alpha value is -1.52. The van der Waals surface area contributed by atoms with Crippen molar-refractivity contribution in [3.05, 3.63) is 63.1 Å². The minimum Gasteiger partial charge on any atom is -0.399 e. The molecule has 5 heteroatoms. The second-order valence-electron chi connectivity index (χ2n) is 4.91. The summed E-state index contributed by atoms with van der Waals surface area (Å²) >= 11 is 9.49. The summed E-state index contributed by atoms with van der Waals surface area (Å²) in [6.45, 7) is 1.95. The highest BCUT2D eigenvalue weighted by Crippen LogP contribution is 2.20. The molecule has 1 atom stereocenters. The number of carbonyl (C=O) groups is 1. The zero-order chi connectivity index (χ0) is 15.4. The van der Waals surface area contributed by atoms with Crippen LogP contribution in [0.4, 0.5) is 5.69 Å². The Morgan fingerprint density at radius 1 is 1.33 bits per heavy atom. The first kappa shape index (κ1) is 15.9. The summed E-state index contributed by atoms with van der Waals surface area (Å²) < 4.78 is 0.721. The molecule has 3 N–H and O–H groups in total. The SMILES string of the molecule is CC(Cc1ccccc1Cl)NC(=O)c1cc(N)ccc1Br. The van der Waals surface area contributed by atoms with Crippen LogP contribution in [-0.4, -0.2) is 11.9 Å². The molecule has 3 nitrogen and oxygen atoms in total. The summed E-state index contributed by atoms with van der Waals surface area (Å²) in [6, 6.07) is 12.8. The number of nitrogens with one attached hydrogen (secondary N) is 1. The highest BCUT2D eigenvalue weighted by molar-refractivity contribution is 9.10. The molecule has 2 aromatic carbocycles. The maximum absolute atomic E-state index is 12.3. The molecule has 0 saturated heterocycles. The van der Waals surface area contributed by atoms with E-state index in [-0.39, 0.29) is 11.9 Å². The van der Waals surface area contributed by atoms with Crippen molar-refractivity contribution in [1.82, 2.24) is 5.32 Å². The fourth-order valence-corrected chi connectivity index (χ4v) is 2.70. The van der Waals surface area contributed by atoms with Gasteiger partial charge in [0.1, 0.15) is 0 Å². The average molecular weight is 368 g/mol. The van der Waals surface area contributed by atoms with Crippen LogP contribution in [0, 0.1) is 0 Å². The number of hydrogen-bond acceptors (Lipinski definition) is 2. The average Bonchev–Trinajstić information content (AvgIpc) is 2.44. The number of carbonyl (C=O) groups excluding carboxylic acids is 1. The molecular formula is C16H16BrClN2O. The van der Waals surface area contributed by atoms with Gasteiger partial charge in [0.25, 0.3) is 5.91 Å². The Morgan fingerprint density at radius 2 is 2.05 bits per heavy atom. The lowest BCUT2D eigenvalue weighted by molar-refractivity contribution is 0.0939. The summed E-state index contributed by atoms with van der Waals surface area (Å²) in [5.74, 6) is -0.159. The van der Waals surface area contributed by atoms with Crippen LogP contribution in [0.2, 0.25) is 5.02 Å². The van der Waals surface area contributed by atoms with Crippen LogP contribution >= 0.6 is 27.5 Å². The molecule has 0 radical (unpaired) electrons. The van der Waals surface area contributed by atoms with Gasteiger partial charge in [-0.1, -0.05) is 29.8 Å². The minimum atomic E-state index is -0.159. The van der Waals surface area contributed by atoms with Gasteiger partial charge in [0.15, 0.2) is 0 Å². The zero-order valence-electron chi connectivity index (χ0n) is 11.6.